The molecule has 0 aliphatic carbocycles. The van der Waals surface area contributed by atoms with Crippen LogP contribution in [-0.4, -0.2) is 82.6 Å². The SMILES string of the molecule is B[C@@H]1O[C@H](COC(C)C)C(OC(C)C)[C@@H]1OCCCCCCNC(=O)COC(=O)CCCCCCCCCCCCCCC. The third kappa shape index (κ3) is 21.6. The van der Waals surface area contributed by atoms with Crippen molar-refractivity contribution >= 4 is 19.7 Å². The van der Waals surface area contributed by atoms with Gasteiger partial charge in [0, 0.05) is 19.6 Å². The van der Waals surface area contributed by atoms with Crippen LogP contribution < -0.4 is 5.32 Å². The number of carbonyl (C=O) groups excluding carboxylic acids is 2. The van der Waals surface area contributed by atoms with Crippen LogP contribution in [0.4, 0.5) is 0 Å². The van der Waals surface area contributed by atoms with Gasteiger partial charge in [-0.2, -0.15) is 0 Å². The van der Waals surface area contributed by atoms with Crippen molar-refractivity contribution in [2.24, 2.45) is 0 Å². The molecule has 1 aliphatic rings. The molecule has 0 aromatic heterocycles. The molecular formula is C35H68BNO7. The van der Waals surface area contributed by atoms with Crippen LogP contribution in [0.15, 0.2) is 0 Å². The maximum absolute atomic E-state index is 12.0. The fourth-order valence-corrected chi connectivity index (χ4v) is 5.62. The highest BCUT2D eigenvalue weighted by Crippen LogP contribution is 2.27. The van der Waals surface area contributed by atoms with Crippen LogP contribution in [0.25, 0.3) is 0 Å². The first-order valence-electron chi connectivity index (χ1n) is 18.2. The number of amides is 1. The predicted octanol–water partition coefficient (Wildman–Crippen LogP) is 6.65. The van der Waals surface area contributed by atoms with Gasteiger partial charge in [-0.1, -0.05) is 96.8 Å². The molecule has 1 amide bonds. The van der Waals surface area contributed by atoms with Gasteiger partial charge in [0.25, 0.3) is 5.91 Å². The number of hydrogen-bond acceptors (Lipinski definition) is 7. The molecule has 1 rings (SSSR count). The molecule has 1 aliphatic heterocycles. The van der Waals surface area contributed by atoms with E-state index in [4.69, 9.17) is 23.7 Å². The quantitative estimate of drug-likeness (QED) is 0.0566. The summed E-state index contributed by atoms with van der Waals surface area (Å²) < 4.78 is 29.4. The summed E-state index contributed by atoms with van der Waals surface area (Å²) in [6.07, 6.45) is 20.6. The first kappa shape index (κ1) is 40.9. The van der Waals surface area contributed by atoms with E-state index < -0.39 is 0 Å². The summed E-state index contributed by atoms with van der Waals surface area (Å²) in [5.74, 6) is -0.500. The largest absolute Gasteiger partial charge is 0.456 e. The number of nitrogens with one attached hydrogen (secondary N) is 1. The second kappa shape index (κ2) is 27.0. The van der Waals surface area contributed by atoms with E-state index in [1.165, 1.54) is 70.6 Å². The third-order valence-electron chi connectivity index (χ3n) is 8.12. The van der Waals surface area contributed by atoms with E-state index in [0.717, 1.165) is 38.5 Å². The highest BCUT2D eigenvalue weighted by atomic mass is 16.6. The van der Waals surface area contributed by atoms with Crippen molar-refractivity contribution in [1.29, 1.82) is 0 Å². The lowest BCUT2D eigenvalue weighted by molar-refractivity contribution is -0.148. The molecule has 1 heterocycles. The zero-order valence-electron chi connectivity index (χ0n) is 29.4. The lowest BCUT2D eigenvalue weighted by atomic mass is 9.92. The average Bonchev–Trinajstić information content (AvgIpc) is 3.27. The normalized spacial score (nSPS) is 20.1. The van der Waals surface area contributed by atoms with E-state index >= 15 is 0 Å². The monoisotopic (exact) mass is 626 g/mol. The lowest BCUT2D eigenvalue weighted by Gasteiger charge is -2.26. The molecule has 0 bridgehead atoms. The molecule has 0 radical (unpaired) electrons. The molecular weight excluding hydrogens is 557 g/mol. The van der Waals surface area contributed by atoms with Gasteiger partial charge < -0.3 is 29.0 Å². The van der Waals surface area contributed by atoms with Gasteiger partial charge in [-0.05, 0) is 47.0 Å². The van der Waals surface area contributed by atoms with Gasteiger partial charge >= 0.3 is 5.97 Å². The van der Waals surface area contributed by atoms with E-state index in [9.17, 15) is 9.59 Å². The topological polar surface area (TPSA) is 92.3 Å². The molecule has 1 unspecified atom stereocenters. The Balaban J connectivity index is 1.98. The molecule has 1 saturated heterocycles. The Morgan fingerprint density at radius 2 is 1.32 bits per heavy atom. The summed E-state index contributed by atoms with van der Waals surface area (Å²) in [4.78, 5) is 24.0. The third-order valence-corrected chi connectivity index (χ3v) is 8.12. The minimum Gasteiger partial charge on any atom is -0.456 e. The fraction of sp³-hybridized carbons (Fsp3) is 0.943. The number of esters is 1. The Morgan fingerprint density at radius 1 is 0.750 bits per heavy atom. The highest BCUT2D eigenvalue weighted by molar-refractivity contribution is 6.11. The van der Waals surface area contributed by atoms with E-state index in [2.05, 4.69) is 12.2 Å². The Kier molecular flexibility index (Phi) is 25.1. The van der Waals surface area contributed by atoms with E-state index in [1.807, 2.05) is 35.5 Å². The summed E-state index contributed by atoms with van der Waals surface area (Å²) in [7, 11) is 2.04. The summed E-state index contributed by atoms with van der Waals surface area (Å²) >= 11 is 0. The van der Waals surface area contributed by atoms with E-state index in [-0.39, 0.29) is 55.0 Å². The maximum Gasteiger partial charge on any atom is 0.306 e. The van der Waals surface area contributed by atoms with Gasteiger partial charge in [0.1, 0.15) is 26.2 Å². The molecule has 0 spiro atoms. The fourth-order valence-electron chi connectivity index (χ4n) is 5.62. The molecule has 258 valence electrons. The number of hydrogen-bond donors (Lipinski definition) is 1. The van der Waals surface area contributed by atoms with Crippen molar-refractivity contribution in [3.05, 3.63) is 0 Å². The molecule has 9 heteroatoms. The Bertz CT molecular complexity index is 709. The van der Waals surface area contributed by atoms with Gasteiger partial charge in [0.2, 0.25) is 0 Å². The Morgan fingerprint density at radius 3 is 1.91 bits per heavy atom. The zero-order chi connectivity index (χ0) is 32.4. The summed E-state index contributed by atoms with van der Waals surface area (Å²) in [6, 6.07) is -0.0433. The van der Waals surface area contributed by atoms with Crippen molar-refractivity contribution < 1.29 is 33.3 Å². The number of unbranched alkanes of at least 4 members (excludes halogenated alkanes) is 15. The van der Waals surface area contributed by atoms with Crippen molar-refractivity contribution in [3.63, 3.8) is 0 Å². The first-order chi connectivity index (χ1) is 21.2. The highest BCUT2D eigenvalue weighted by Gasteiger charge is 2.44. The van der Waals surface area contributed by atoms with Crippen LogP contribution in [0.3, 0.4) is 0 Å². The molecule has 1 fully saturated rings. The Labute approximate surface area is 271 Å². The van der Waals surface area contributed by atoms with Crippen molar-refractivity contribution in [2.45, 2.75) is 187 Å². The summed E-state index contributed by atoms with van der Waals surface area (Å²) in [5.41, 5.74) is 0. The van der Waals surface area contributed by atoms with Gasteiger partial charge in [0.15, 0.2) is 6.61 Å². The molecule has 0 aromatic rings. The van der Waals surface area contributed by atoms with Crippen LogP contribution in [0.1, 0.15) is 150 Å². The van der Waals surface area contributed by atoms with Crippen LogP contribution in [0, 0.1) is 0 Å². The standard InChI is InChI=1S/C35H68BNO7/c1-6-7-8-9-10-11-12-13-14-15-16-17-20-23-32(39)42-27-31(38)37-24-21-18-19-22-25-40-34-33(43-29(4)5)30(44-35(34)36)26-41-28(2)3/h28-30,33-35H,6-27,36H2,1-5H3,(H,37,38)/t30-,33?,34+,35-/m1/s1. The summed E-state index contributed by atoms with van der Waals surface area (Å²) in [6.45, 7) is 11.9. The van der Waals surface area contributed by atoms with Gasteiger partial charge in [-0.3, -0.25) is 9.59 Å². The average molecular weight is 626 g/mol. The molecule has 8 nitrogen and oxygen atoms in total. The lowest BCUT2D eigenvalue weighted by Crippen LogP contribution is -2.41. The summed E-state index contributed by atoms with van der Waals surface area (Å²) in [5, 5.41) is 2.85. The molecule has 0 saturated carbocycles. The minimum atomic E-state index is -0.273. The van der Waals surface area contributed by atoms with Crippen molar-refractivity contribution in [3.8, 4) is 0 Å². The minimum absolute atomic E-state index is 0.0433. The van der Waals surface area contributed by atoms with Gasteiger partial charge in [-0.15, -0.1) is 0 Å². The number of ether oxygens (including phenoxy) is 5. The van der Waals surface area contributed by atoms with Crippen LogP contribution in [0.5, 0.6) is 0 Å². The van der Waals surface area contributed by atoms with Crippen LogP contribution >= 0.6 is 0 Å². The van der Waals surface area contributed by atoms with E-state index in [0.29, 0.717) is 26.2 Å². The second-order valence-electron chi connectivity index (χ2n) is 13.2. The van der Waals surface area contributed by atoms with Crippen LogP contribution in [-0.2, 0) is 33.3 Å². The molecule has 4 atom stereocenters. The first-order valence-corrected chi connectivity index (χ1v) is 18.2. The predicted molar refractivity (Wildman–Crippen MR) is 181 cm³/mol. The Hall–Kier alpha value is -1.16. The number of carbonyl (C=O) groups is 2. The van der Waals surface area contributed by atoms with E-state index in [1.54, 1.807) is 0 Å². The van der Waals surface area contributed by atoms with Crippen molar-refractivity contribution in [2.75, 3.05) is 26.4 Å². The maximum atomic E-state index is 12.0. The second-order valence-corrected chi connectivity index (χ2v) is 13.2. The molecule has 44 heavy (non-hydrogen) atoms. The smallest absolute Gasteiger partial charge is 0.306 e. The number of rotatable bonds is 29. The van der Waals surface area contributed by atoms with Gasteiger partial charge in [-0.25, -0.2) is 0 Å². The van der Waals surface area contributed by atoms with Crippen LogP contribution in [0.2, 0.25) is 0 Å². The molecule has 0 aromatic carbocycles. The zero-order valence-corrected chi connectivity index (χ0v) is 29.4. The molecule has 1 N–H and O–H groups in total. The van der Waals surface area contributed by atoms with Gasteiger partial charge in [0.05, 0.1) is 24.8 Å². The van der Waals surface area contributed by atoms with Crippen molar-refractivity contribution in [1.82, 2.24) is 5.32 Å².